The van der Waals surface area contributed by atoms with Crippen molar-refractivity contribution in [2.45, 2.75) is 51.6 Å². The lowest BCUT2D eigenvalue weighted by Crippen LogP contribution is -1.98. The van der Waals surface area contributed by atoms with E-state index in [1.807, 2.05) is 0 Å². The summed E-state index contributed by atoms with van der Waals surface area (Å²) >= 11 is 3.13. The van der Waals surface area contributed by atoms with Crippen molar-refractivity contribution in [3.63, 3.8) is 0 Å². The summed E-state index contributed by atoms with van der Waals surface area (Å²) in [6, 6.07) is 4.70. The first-order valence-corrected chi connectivity index (χ1v) is 7.07. The molecule has 0 aliphatic carbocycles. The van der Waals surface area contributed by atoms with E-state index in [9.17, 15) is 9.50 Å². The van der Waals surface area contributed by atoms with Crippen molar-refractivity contribution in [1.82, 2.24) is 0 Å². The van der Waals surface area contributed by atoms with Crippen LogP contribution in [0.25, 0.3) is 0 Å². The van der Waals surface area contributed by atoms with E-state index in [-0.39, 0.29) is 5.82 Å². The molecule has 0 radical (unpaired) electrons. The van der Waals surface area contributed by atoms with E-state index in [1.165, 1.54) is 25.3 Å². The number of hydrogen-bond donors (Lipinski definition) is 1. The number of aliphatic hydroxyl groups is 1. The standard InChI is InChI=1S/C14H20BrFO/c1-2-3-4-5-6-7-14(17)11-8-9-13(16)12(15)10-11/h8-10,14,17H,2-7H2,1H3. The van der Waals surface area contributed by atoms with Crippen molar-refractivity contribution in [3.8, 4) is 0 Å². The highest BCUT2D eigenvalue weighted by Gasteiger charge is 2.09. The first kappa shape index (κ1) is 14.7. The van der Waals surface area contributed by atoms with Crippen molar-refractivity contribution in [3.05, 3.63) is 34.1 Å². The van der Waals surface area contributed by atoms with Crippen LogP contribution in [0.2, 0.25) is 0 Å². The van der Waals surface area contributed by atoms with Gasteiger partial charge in [0, 0.05) is 0 Å². The van der Waals surface area contributed by atoms with Crippen LogP contribution in [0, 0.1) is 5.82 Å². The normalized spacial score (nSPS) is 12.7. The van der Waals surface area contributed by atoms with Gasteiger partial charge in [-0.3, -0.25) is 0 Å². The van der Waals surface area contributed by atoms with E-state index >= 15 is 0 Å². The molecule has 1 aromatic rings. The molecule has 0 heterocycles. The molecule has 0 amide bonds. The predicted molar refractivity (Wildman–Crippen MR) is 72.4 cm³/mol. The van der Waals surface area contributed by atoms with Gasteiger partial charge < -0.3 is 5.11 Å². The SMILES string of the molecule is CCCCCCCC(O)c1ccc(F)c(Br)c1. The molecule has 1 nitrogen and oxygen atoms in total. The lowest BCUT2D eigenvalue weighted by molar-refractivity contribution is 0.163. The van der Waals surface area contributed by atoms with Gasteiger partial charge in [-0.1, -0.05) is 45.1 Å². The largest absolute Gasteiger partial charge is 0.388 e. The molecular formula is C14H20BrFO. The second-order valence-corrected chi connectivity index (χ2v) is 5.25. The Kier molecular flexibility index (Phi) is 6.75. The zero-order valence-corrected chi connectivity index (χ0v) is 11.8. The summed E-state index contributed by atoms with van der Waals surface area (Å²) in [7, 11) is 0. The van der Waals surface area contributed by atoms with Crippen molar-refractivity contribution in [1.29, 1.82) is 0 Å². The fourth-order valence-corrected chi connectivity index (χ4v) is 2.22. The fraction of sp³-hybridized carbons (Fsp3) is 0.571. The molecule has 1 unspecified atom stereocenters. The Labute approximate surface area is 111 Å². The molecule has 0 aliphatic rings. The van der Waals surface area contributed by atoms with E-state index in [0.717, 1.165) is 24.8 Å². The summed E-state index contributed by atoms with van der Waals surface area (Å²) in [5.74, 6) is -0.288. The Morgan fingerprint density at radius 2 is 1.94 bits per heavy atom. The molecule has 17 heavy (non-hydrogen) atoms. The van der Waals surface area contributed by atoms with Crippen LogP contribution in [0.5, 0.6) is 0 Å². The van der Waals surface area contributed by atoms with E-state index < -0.39 is 6.10 Å². The minimum atomic E-state index is -0.478. The first-order chi connectivity index (χ1) is 8.15. The van der Waals surface area contributed by atoms with Crippen LogP contribution in [-0.4, -0.2) is 5.11 Å². The highest BCUT2D eigenvalue weighted by atomic mass is 79.9. The summed E-state index contributed by atoms with van der Waals surface area (Å²) in [6.07, 6.45) is 6.18. The van der Waals surface area contributed by atoms with Gasteiger partial charge in [0.05, 0.1) is 10.6 Å². The third-order valence-electron chi connectivity index (χ3n) is 2.91. The number of hydrogen-bond acceptors (Lipinski definition) is 1. The molecule has 1 aromatic carbocycles. The summed E-state index contributed by atoms with van der Waals surface area (Å²) < 4.78 is 13.4. The molecule has 0 saturated heterocycles. The van der Waals surface area contributed by atoms with Gasteiger partial charge in [-0.25, -0.2) is 4.39 Å². The third-order valence-corrected chi connectivity index (χ3v) is 3.52. The molecule has 1 atom stereocenters. The molecule has 3 heteroatoms. The second-order valence-electron chi connectivity index (χ2n) is 4.39. The van der Waals surface area contributed by atoms with Crippen LogP contribution in [0.4, 0.5) is 4.39 Å². The Balaban J connectivity index is 2.36. The summed E-state index contributed by atoms with van der Waals surface area (Å²) in [5, 5.41) is 9.95. The Bertz CT molecular complexity index is 341. The summed E-state index contributed by atoms with van der Waals surface area (Å²) in [6.45, 7) is 2.19. The quantitative estimate of drug-likeness (QED) is 0.704. The van der Waals surface area contributed by atoms with Gasteiger partial charge >= 0.3 is 0 Å². The highest BCUT2D eigenvalue weighted by Crippen LogP contribution is 2.24. The Hall–Kier alpha value is -0.410. The zero-order valence-electron chi connectivity index (χ0n) is 10.3. The monoisotopic (exact) mass is 302 g/mol. The number of rotatable bonds is 7. The van der Waals surface area contributed by atoms with E-state index in [0.29, 0.717) is 4.47 Å². The van der Waals surface area contributed by atoms with Gasteiger partial charge in [0.2, 0.25) is 0 Å². The van der Waals surface area contributed by atoms with Crippen LogP contribution in [-0.2, 0) is 0 Å². The molecule has 0 fully saturated rings. The minimum Gasteiger partial charge on any atom is -0.388 e. The smallest absolute Gasteiger partial charge is 0.137 e. The predicted octanol–water partition coefficient (Wildman–Crippen LogP) is 4.98. The lowest BCUT2D eigenvalue weighted by Gasteiger charge is -2.11. The van der Waals surface area contributed by atoms with E-state index in [4.69, 9.17) is 0 Å². The van der Waals surface area contributed by atoms with Crippen LogP contribution < -0.4 is 0 Å². The number of unbranched alkanes of at least 4 members (excludes halogenated alkanes) is 4. The molecule has 0 aliphatic heterocycles. The van der Waals surface area contributed by atoms with Crippen LogP contribution >= 0.6 is 15.9 Å². The van der Waals surface area contributed by atoms with Gasteiger partial charge in [-0.15, -0.1) is 0 Å². The molecule has 1 N–H and O–H groups in total. The number of aliphatic hydroxyl groups excluding tert-OH is 1. The van der Waals surface area contributed by atoms with Crippen LogP contribution in [0.15, 0.2) is 22.7 Å². The van der Waals surface area contributed by atoms with Crippen molar-refractivity contribution < 1.29 is 9.50 Å². The summed E-state index contributed by atoms with van der Waals surface area (Å²) in [5.41, 5.74) is 0.786. The second kappa shape index (κ2) is 7.83. The number of halogens is 2. The maximum absolute atomic E-state index is 13.0. The fourth-order valence-electron chi connectivity index (χ4n) is 1.83. The third kappa shape index (κ3) is 5.17. The van der Waals surface area contributed by atoms with Crippen LogP contribution in [0.3, 0.4) is 0 Å². The van der Waals surface area contributed by atoms with Gasteiger partial charge in [-0.2, -0.15) is 0 Å². The molecular weight excluding hydrogens is 283 g/mol. The van der Waals surface area contributed by atoms with Crippen molar-refractivity contribution >= 4 is 15.9 Å². The number of benzene rings is 1. The van der Waals surface area contributed by atoms with E-state index in [1.54, 1.807) is 12.1 Å². The molecule has 0 saturated carbocycles. The van der Waals surface area contributed by atoms with Crippen LogP contribution in [0.1, 0.15) is 57.1 Å². The molecule has 0 spiro atoms. The maximum atomic E-state index is 13.0. The average Bonchev–Trinajstić information content (AvgIpc) is 2.32. The lowest BCUT2D eigenvalue weighted by atomic mass is 10.0. The molecule has 96 valence electrons. The van der Waals surface area contributed by atoms with Gasteiger partial charge in [0.1, 0.15) is 5.82 Å². The van der Waals surface area contributed by atoms with Crippen molar-refractivity contribution in [2.75, 3.05) is 0 Å². The minimum absolute atomic E-state index is 0.288. The molecule has 0 bridgehead atoms. The van der Waals surface area contributed by atoms with Crippen molar-refractivity contribution in [2.24, 2.45) is 0 Å². The first-order valence-electron chi connectivity index (χ1n) is 6.28. The molecule has 1 rings (SSSR count). The average molecular weight is 303 g/mol. The topological polar surface area (TPSA) is 20.2 Å². The van der Waals surface area contributed by atoms with Gasteiger partial charge in [0.25, 0.3) is 0 Å². The highest BCUT2D eigenvalue weighted by molar-refractivity contribution is 9.10. The Morgan fingerprint density at radius 3 is 2.59 bits per heavy atom. The Morgan fingerprint density at radius 1 is 1.24 bits per heavy atom. The van der Waals surface area contributed by atoms with E-state index in [2.05, 4.69) is 22.9 Å². The van der Waals surface area contributed by atoms with Gasteiger partial charge in [-0.05, 0) is 40.0 Å². The molecule has 0 aromatic heterocycles. The maximum Gasteiger partial charge on any atom is 0.137 e. The zero-order chi connectivity index (χ0) is 12.7. The van der Waals surface area contributed by atoms with Gasteiger partial charge in [0.15, 0.2) is 0 Å². The summed E-state index contributed by atoms with van der Waals surface area (Å²) in [4.78, 5) is 0.